The first-order valence-electron chi connectivity index (χ1n) is 48.7. The molecule has 710 valence electrons. The van der Waals surface area contributed by atoms with Gasteiger partial charge < -0.3 is 46.0 Å². The number of hydrogen-bond acceptors (Lipinski definition) is 15. The summed E-state index contributed by atoms with van der Waals surface area (Å²) in [6.45, 7) is 27.7. The molecular formula is C102H132Br2Cl4N16O8. The maximum Gasteiger partial charge on any atom is 0.336 e. The molecule has 0 radical (unpaired) electrons. The molecule has 5 N–H and O–H groups in total. The van der Waals surface area contributed by atoms with Crippen LogP contribution < -0.4 is 11.5 Å². The third-order valence-electron chi connectivity index (χ3n) is 31.5. The number of nitrogens with zero attached hydrogens (tertiary/aromatic N) is 14. The number of pyridine rings is 3. The van der Waals surface area contributed by atoms with E-state index in [0.717, 1.165) is 250 Å². The number of carboxylic acid groups (broad SMARTS) is 1. The molecule has 12 aliphatic rings. The number of carboxylic acids is 1. The number of likely N-dealkylation sites (tertiary alicyclic amines) is 7. The lowest BCUT2D eigenvalue weighted by Gasteiger charge is -2.48. The zero-order chi connectivity index (χ0) is 92.9. The molecule has 132 heavy (non-hydrogen) atoms. The quantitative estimate of drug-likeness (QED) is 0.0862. The molecule has 0 spiro atoms. The molecule has 9 aliphatic heterocycles. The summed E-state index contributed by atoms with van der Waals surface area (Å²) >= 11 is 32.9. The average molecular weight is 2010 g/mol. The van der Waals surface area contributed by atoms with E-state index in [-0.39, 0.29) is 65.6 Å². The van der Waals surface area contributed by atoms with Gasteiger partial charge >= 0.3 is 18.0 Å². The first-order valence-corrected chi connectivity index (χ1v) is 51.8. The number of aliphatic carboxylic acids is 1. The van der Waals surface area contributed by atoms with Crippen LogP contribution in [0.15, 0.2) is 100 Å². The minimum atomic E-state index is -1.03. The first-order chi connectivity index (χ1) is 63.5. The number of rotatable bonds is 15. The third kappa shape index (κ3) is 23.0. The molecule has 24 nitrogen and oxygen atoms in total. The van der Waals surface area contributed by atoms with Crippen molar-refractivity contribution in [3.05, 3.63) is 188 Å². The molecule has 3 aromatic carbocycles. The monoisotopic (exact) mass is 2010 g/mol. The van der Waals surface area contributed by atoms with E-state index in [1.807, 2.05) is 52.5 Å². The molecule has 5 atom stereocenters. The van der Waals surface area contributed by atoms with Crippen LogP contribution >= 0.6 is 78.3 Å². The van der Waals surface area contributed by atoms with E-state index in [0.29, 0.717) is 126 Å². The van der Waals surface area contributed by atoms with Crippen molar-refractivity contribution in [3.8, 4) is 0 Å². The molecular weight excluding hydrogens is 1880 g/mol. The lowest BCUT2D eigenvalue weighted by Crippen LogP contribution is -2.60. The number of urea groups is 2. The van der Waals surface area contributed by atoms with E-state index in [1.165, 1.54) is 44.8 Å². The van der Waals surface area contributed by atoms with Crippen LogP contribution in [0.5, 0.6) is 0 Å². The molecule has 8 amide bonds. The number of piperazine rings is 2. The molecule has 3 aliphatic carbocycles. The number of carbonyl (C=O) groups excluding carboxylic acids is 6. The van der Waals surface area contributed by atoms with Gasteiger partial charge in [0.05, 0.1) is 45.8 Å². The van der Waals surface area contributed by atoms with Crippen molar-refractivity contribution in [2.24, 2.45) is 52.9 Å². The summed E-state index contributed by atoms with van der Waals surface area (Å²) in [6.07, 6.45) is 26.7. The zero-order valence-electron chi connectivity index (χ0n) is 77.3. The van der Waals surface area contributed by atoms with Gasteiger partial charge in [0.15, 0.2) is 0 Å². The molecule has 5 unspecified atom stereocenters. The SMILES string of the molecule is CC(=O)N1CCC(CC(=O)N2CCN(C3CCN(C4c5ccc(Cl)cc5CCc5cc(Br)cnc54)CC3)CC2C(C)C)CC1.CC(C)C1CN(C2CCN(C3c4ccc(Cl)cc4CCc4cc(Br)cnc43)CC2)CCN1C(=O)CC1CCN(C(N)=O)CC1.NC(=O)N1CCC(CC(=O)N2CCC(C3CCN(C4c5ccc(Cl)cc5C=C(C(=O)O)c5cc(Cl)cnc54)CC3)CC2)CC1. The summed E-state index contributed by atoms with van der Waals surface area (Å²) in [6, 6.07) is 25.6. The number of carbonyl (C=O) groups is 7. The van der Waals surface area contributed by atoms with Crippen molar-refractivity contribution in [2.45, 2.75) is 212 Å². The summed E-state index contributed by atoms with van der Waals surface area (Å²) in [5.41, 5.74) is 24.4. The van der Waals surface area contributed by atoms with Crippen LogP contribution in [0.1, 0.15) is 229 Å². The molecule has 9 saturated heterocycles. The second-order valence-corrected chi connectivity index (χ2v) is 43.6. The molecule has 18 rings (SSSR count). The highest BCUT2D eigenvalue weighted by atomic mass is 79.9. The highest BCUT2D eigenvalue weighted by Crippen LogP contribution is 2.47. The third-order valence-corrected chi connectivity index (χ3v) is 33.3. The van der Waals surface area contributed by atoms with Crippen LogP contribution in [0.2, 0.25) is 20.1 Å². The second-order valence-electron chi connectivity index (χ2n) is 40.0. The van der Waals surface area contributed by atoms with E-state index >= 15 is 0 Å². The highest BCUT2D eigenvalue weighted by molar-refractivity contribution is 9.10. The molecule has 0 bridgehead atoms. The maximum absolute atomic E-state index is 13.6. The van der Waals surface area contributed by atoms with Gasteiger partial charge in [-0.1, -0.05) is 92.3 Å². The number of aryl methyl sites for hydroxylation is 4. The van der Waals surface area contributed by atoms with E-state index in [1.54, 1.807) is 35.1 Å². The summed E-state index contributed by atoms with van der Waals surface area (Å²) in [5, 5.41) is 12.7. The van der Waals surface area contributed by atoms with Crippen LogP contribution in [-0.4, -0.2) is 271 Å². The van der Waals surface area contributed by atoms with Gasteiger partial charge in [0, 0.05) is 216 Å². The molecule has 0 saturated carbocycles. The molecule has 3 aromatic heterocycles. The lowest BCUT2D eigenvalue weighted by atomic mass is 9.78. The number of aromatic nitrogens is 3. The van der Waals surface area contributed by atoms with Crippen molar-refractivity contribution in [2.75, 3.05) is 131 Å². The van der Waals surface area contributed by atoms with Crippen LogP contribution in [0.3, 0.4) is 0 Å². The van der Waals surface area contributed by atoms with Gasteiger partial charge in [-0.2, -0.15) is 0 Å². The van der Waals surface area contributed by atoms with Gasteiger partial charge in [-0.15, -0.1) is 0 Å². The predicted octanol–water partition coefficient (Wildman–Crippen LogP) is 17.0. The van der Waals surface area contributed by atoms with Crippen molar-refractivity contribution in [1.29, 1.82) is 0 Å². The van der Waals surface area contributed by atoms with Crippen LogP contribution in [0, 0.1) is 41.4 Å². The Hall–Kier alpha value is -7.34. The standard InChI is InChI=1S/C35H47BrClN5O2.C34H46BrClN6O2.C33H39Cl2N5O4/c1-23(2)32-22-41(16-17-42(32)33(44)18-25-8-12-39(13-9-25)24(3)43)30-10-14-40(15-11-30)35-31-7-6-29(37)20-26(31)4-5-27-19-28(36)21-38-34(27)35;1-22(2)30-21-41(15-16-42(30)31(43)17-23-7-11-40(12-8-23)34(37)44)28-9-13-39(14-10-28)33-29-6-5-27(36)19-24(29)3-4-25-18-26(35)20-38-32(25)33;34-24-1-2-26-23(16-24)17-28(32(42)43)27-18-25(35)19-37-30(27)31(26)39-13-7-22(8-14-39)21-5-11-38(12-6-21)29(41)15-20-3-9-40(10-4-20)33(36)44/h6-7,19-21,23,25,30,32,35H,4-5,8-18,22H2,1-3H3;5-6,18-20,22-23,28,30,33H,3-4,7-17,21H2,1-2H3,(H2,37,44);1-2,16-22,31H,3-15H2,(H2,36,44)(H,42,43). The van der Waals surface area contributed by atoms with E-state index in [2.05, 4.69) is 130 Å². The number of nitrogens with two attached hydrogens (primary N) is 2. The fraction of sp³-hybridized carbons (Fsp3) is 0.588. The number of benzene rings is 3. The molecule has 30 heteroatoms. The first kappa shape index (κ1) is 97.7. The minimum absolute atomic E-state index is 0.140. The molecule has 6 aromatic rings. The van der Waals surface area contributed by atoms with Gasteiger partial charge in [0.1, 0.15) is 0 Å². The number of fused-ring (bicyclic) bond motifs is 6. The van der Waals surface area contributed by atoms with Crippen LogP contribution in [-0.2, 0) is 49.7 Å². The molecule has 12 heterocycles. The summed E-state index contributed by atoms with van der Waals surface area (Å²) in [4.78, 5) is 127. The number of halogens is 6. The summed E-state index contributed by atoms with van der Waals surface area (Å²) in [5.74, 6) is 2.98. The van der Waals surface area contributed by atoms with Gasteiger partial charge in [0.2, 0.25) is 23.6 Å². The average Bonchev–Trinajstić information content (AvgIpc) is 1.58. The maximum atomic E-state index is 13.6. The minimum Gasteiger partial charge on any atom is -0.478 e. The van der Waals surface area contributed by atoms with Crippen molar-refractivity contribution >= 4 is 132 Å². The normalized spacial score (nSPS) is 23.5. The lowest BCUT2D eigenvalue weighted by molar-refractivity contribution is -0.140. The Morgan fingerprint density at radius 1 is 0.402 bits per heavy atom. The fourth-order valence-electron chi connectivity index (χ4n) is 23.9. The Labute approximate surface area is 816 Å². The van der Waals surface area contributed by atoms with Gasteiger partial charge in [-0.05, 0) is 307 Å². The smallest absolute Gasteiger partial charge is 0.336 e. The largest absolute Gasteiger partial charge is 0.478 e. The van der Waals surface area contributed by atoms with Gasteiger partial charge in [-0.25, -0.2) is 14.4 Å². The number of piperidine rings is 7. The van der Waals surface area contributed by atoms with Crippen LogP contribution in [0.4, 0.5) is 9.59 Å². The van der Waals surface area contributed by atoms with E-state index in [9.17, 15) is 38.7 Å². The van der Waals surface area contributed by atoms with Crippen molar-refractivity contribution in [3.63, 3.8) is 0 Å². The number of hydrogen-bond donors (Lipinski definition) is 3. The van der Waals surface area contributed by atoms with E-state index < -0.39 is 5.97 Å². The predicted molar refractivity (Wildman–Crippen MR) is 527 cm³/mol. The van der Waals surface area contributed by atoms with Gasteiger partial charge in [0.25, 0.3) is 0 Å². The van der Waals surface area contributed by atoms with Crippen LogP contribution in [0.25, 0.3) is 11.6 Å². The van der Waals surface area contributed by atoms with Crippen molar-refractivity contribution < 1.29 is 38.7 Å². The topological polar surface area (TPSA) is 266 Å². The van der Waals surface area contributed by atoms with Crippen molar-refractivity contribution in [1.82, 2.24) is 68.9 Å². The van der Waals surface area contributed by atoms with E-state index in [4.69, 9.17) is 72.8 Å². The number of amides is 8. The van der Waals surface area contributed by atoms with Gasteiger partial charge in [-0.3, -0.25) is 58.6 Å². The Kier molecular flexibility index (Phi) is 32.6. The summed E-state index contributed by atoms with van der Waals surface area (Å²) < 4.78 is 2.07. The Morgan fingerprint density at radius 3 is 1.19 bits per heavy atom. The molecule has 9 fully saturated rings. The fourth-order valence-corrected chi connectivity index (χ4v) is 25.4. The Bertz CT molecular complexity index is 4860. The second kappa shape index (κ2) is 44.0. The zero-order valence-corrected chi connectivity index (χ0v) is 83.5. The Morgan fingerprint density at radius 2 is 0.773 bits per heavy atom. The Balaban J connectivity index is 0.000000144. The highest BCUT2D eigenvalue weighted by Gasteiger charge is 2.45. The number of primary amides is 2. The summed E-state index contributed by atoms with van der Waals surface area (Å²) in [7, 11) is 0.